The van der Waals surface area contributed by atoms with Crippen LogP contribution in [0, 0.1) is 18.7 Å². The quantitative estimate of drug-likeness (QED) is 0.0230. The summed E-state index contributed by atoms with van der Waals surface area (Å²) >= 11 is 0. The second-order valence-corrected chi connectivity index (χ2v) is 19.8. The third-order valence-electron chi connectivity index (χ3n) is 14.9. The third kappa shape index (κ3) is 11.2. The minimum Gasteiger partial charge on any atom is -0.458 e. The van der Waals surface area contributed by atoms with Crippen LogP contribution in [0.25, 0.3) is 22.3 Å². The maximum absolute atomic E-state index is 15.4. The molecule has 2 aromatic carbocycles. The fraction of sp³-hybridized carbons (Fsp3) is 0.426. The highest BCUT2D eigenvalue weighted by Crippen LogP contribution is 2.46. The zero-order valence-electron chi connectivity index (χ0n) is 42.4. The van der Waals surface area contributed by atoms with Crippen molar-refractivity contribution in [1.29, 1.82) is 0 Å². The molecule has 2 aromatic heterocycles. The van der Waals surface area contributed by atoms with Gasteiger partial charge in [-0.25, -0.2) is 14.2 Å². The summed E-state index contributed by atoms with van der Waals surface area (Å²) in [6.45, 7) is 1.69. The van der Waals surface area contributed by atoms with Crippen molar-refractivity contribution in [3.05, 3.63) is 110 Å². The molecule has 23 heteroatoms. The fourth-order valence-corrected chi connectivity index (χ4v) is 10.5. The number of hydrogen-bond acceptors (Lipinski definition) is 14. The molecule has 1 fully saturated rings. The van der Waals surface area contributed by atoms with E-state index in [0.717, 1.165) is 16.0 Å². The lowest BCUT2D eigenvalue weighted by Crippen LogP contribution is -2.52. The standard InChI is InChI=1S/C54H58FN9O13/c1-3-54(75)35-20-40-49-33(25-64(40)52(73)34(35)26-76-53(54)74)48-37(13-12-32-28(2)36(55)21-38(61-49)47(32)48)62-50(71)30-18-31(19-30)77-27-59-43(67)23-58-51(72)39(17-29-9-5-4-6-10-29)60-44(68)24-57-42(66)22-56-41(65)11-7-8-16-63-45(69)14-15-46(63)70/h4-6,9-10,14-15,20-21,30-31,37,39,75H,3,7-8,11-13,16-19,22-27H2,1-2H3,(H,56,65)(H,57,66)(H,58,72)(H,59,67)(H,60,68)(H,62,71)/t30-,31+,37-,39-,54-/m0/s1. The first-order valence-corrected chi connectivity index (χ1v) is 25.6. The van der Waals surface area contributed by atoms with E-state index in [0.29, 0.717) is 77.5 Å². The molecule has 22 nitrogen and oxygen atoms in total. The van der Waals surface area contributed by atoms with Crippen LogP contribution in [0.1, 0.15) is 96.9 Å². The molecule has 7 N–H and O–H groups in total. The van der Waals surface area contributed by atoms with Crippen LogP contribution >= 0.6 is 0 Å². The molecule has 0 spiro atoms. The molecule has 77 heavy (non-hydrogen) atoms. The summed E-state index contributed by atoms with van der Waals surface area (Å²) < 4.78 is 28.0. The molecule has 9 rings (SSSR count). The van der Waals surface area contributed by atoms with Crippen LogP contribution < -0.4 is 37.5 Å². The number of pyridine rings is 2. The lowest BCUT2D eigenvalue weighted by atomic mass is 9.79. The summed E-state index contributed by atoms with van der Waals surface area (Å²) in [5.74, 6) is -5.81. The fourth-order valence-electron chi connectivity index (χ4n) is 10.5. The number of aliphatic hydroxyl groups is 1. The van der Waals surface area contributed by atoms with Crippen molar-refractivity contribution in [3.63, 3.8) is 0 Å². The van der Waals surface area contributed by atoms with Gasteiger partial charge < -0.3 is 51.0 Å². The zero-order chi connectivity index (χ0) is 54.7. The molecule has 4 aromatic rings. The van der Waals surface area contributed by atoms with Crippen LogP contribution in [0.4, 0.5) is 4.39 Å². The van der Waals surface area contributed by atoms with Gasteiger partial charge in [0.15, 0.2) is 5.60 Å². The Morgan fingerprint density at radius 3 is 2.32 bits per heavy atom. The Balaban J connectivity index is 0.733. The van der Waals surface area contributed by atoms with Crippen LogP contribution in [0.2, 0.25) is 0 Å². The molecule has 5 aliphatic rings. The highest BCUT2D eigenvalue weighted by Gasteiger charge is 2.46. The Hall–Kier alpha value is -8.18. The lowest BCUT2D eigenvalue weighted by molar-refractivity contribution is -0.172. The molecule has 0 radical (unpaired) electrons. The van der Waals surface area contributed by atoms with Gasteiger partial charge in [-0.05, 0) is 80.2 Å². The molecule has 8 amide bonds. The normalized spacial score (nSPS) is 20.0. The second-order valence-electron chi connectivity index (χ2n) is 19.8. The number of ether oxygens (including phenoxy) is 2. The van der Waals surface area contributed by atoms with E-state index in [9.17, 15) is 53.1 Å². The van der Waals surface area contributed by atoms with Crippen LogP contribution in [0.15, 0.2) is 59.4 Å². The number of nitrogens with one attached hydrogen (secondary N) is 6. The first-order chi connectivity index (χ1) is 36.9. The van der Waals surface area contributed by atoms with E-state index in [-0.39, 0.29) is 68.8 Å². The molecule has 3 atom stereocenters. The molecule has 0 unspecified atom stereocenters. The largest absolute Gasteiger partial charge is 0.458 e. The van der Waals surface area contributed by atoms with Crippen molar-refractivity contribution in [3.8, 4) is 11.4 Å². The molecule has 0 bridgehead atoms. The molecule has 2 aliphatic carbocycles. The number of aryl methyl sites for hydroxylation is 1. The minimum absolute atomic E-state index is 0.0317. The van der Waals surface area contributed by atoms with E-state index in [1.54, 1.807) is 50.2 Å². The van der Waals surface area contributed by atoms with Crippen molar-refractivity contribution in [1.82, 2.24) is 46.4 Å². The van der Waals surface area contributed by atoms with E-state index in [2.05, 4.69) is 31.9 Å². The van der Waals surface area contributed by atoms with Crippen LogP contribution in [-0.4, -0.2) is 118 Å². The van der Waals surface area contributed by atoms with Gasteiger partial charge in [0.25, 0.3) is 17.4 Å². The number of halogens is 1. The Labute approximate surface area is 439 Å². The van der Waals surface area contributed by atoms with E-state index in [1.165, 1.54) is 22.8 Å². The van der Waals surface area contributed by atoms with Gasteiger partial charge in [-0.1, -0.05) is 37.3 Å². The topological polar surface area (TPSA) is 303 Å². The van der Waals surface area contributed by atoms with E-state index < -0.39 is 102 Å². The molecule has 0 saturated heterocycles. The summed E-state index contributed by atoms with van der Waals surface area (Å²) in [6.07, 6.45) is 4.46. The number of rotatable bonds is 21. The van der Waals surface area contributed by atoms with Gasteiger partial charge in [0.1, 0.15) is 25.2 Å². The number of carbonyl (C=O) groups is 9. The number of aromatic nitrogens is 2. The first-order valence-electron chi connectivity index (χ1n) is 25.6. The van der Waals surface area contributed by atoms with Crippen molar-refractivity contribution in [2.75, 3.05) is 32.9 Å². The van der Waals surface area contributed by atoms with Crippen molar-refractivity contribution in [2.24, 2.45) is 5.92 Å². The van der Waals surface area contributed by atoms with Crippen molar-refractivity contribution >= 4 is 64.1 Å². The number of benzene rings is 2. The van der Waals surface area contributed by atoms with Gasteiger partial charge in [0.05, 0.1) is 60.8 Å². The van der Waals surface area contributed by atoms with Crippen LogP contribution in [-0.2, 0) is 84.2 Å². The average molecular weight is 1060 g/mol. The summed E-state index contributed by atoms with van der Waals surface area (Å²) in [7, 11) is 0. The summed E-state index contributed by atoms with van der Waals surface area (Å²) in [4.78, 5) is 134. The highest BCUT2D eigenvalue weighted by atomic mass is 19.1. The SMILES string of the molecule is CC[C@@]1(O)C(=O)OCc2c1cc1n(c2=O)Cc2c-1nc1cc(F)c(C)c3c1c2[C@@H](NC(=O)[C@H]1C[C@@H](OCNC(=O)CNC(=O)[C@H](Cc2ccccc2)NC(=O)CNC(=O)CNC(=O)CCCCN2C(=O)C=CC2=O)C1)CC3. The monoisotopic (exact) mass is 1060 g/mol. The summed E-state index contributed by atoms with van der Waals surface area (Å²) in [6, 6.07) is 10.1. The average Bonchev–Trinajstić information content (AvgIpc) is 4.19. The Bertz CT molecular complexity index is 3190. The molecular weight excluding hydrogens is 1000 g/mol. The third-order valence-corrected chi connectivity index (χ3v) is 14.9. The number of cyclic esters (lactones) is 1. The maximum Gasteiger partial charge on any atom is 0.343 e. The molecule has 404 valence electrons. The number of esters is 1. The molecular formula is C54H58FN9O13. The number of hydrogen-bond donors (Lipinski definition) is 7. The number of unbranched alkanes of at least 4 members (excludes halogenated alkanes) is 1. The summed E-state index contributed by atoms with van der Waals surface area (Å²) in [5, 5.41) is 27.8. The molecule has 3 aliphatic heterocycles. The zero-order valence-corrected chi connectivity index (χ0v) is 42.4. The second kappa shape index (κ2) is 22.6. The number of nitrogens with zero attached hydrogens (tertiary/aromatic N) is 3. The van der Waals surface area contributed by atoms with E-state index >= 15 is 4.39 Å². The first kappa shape index (κ1) is 53.6. The van der Waals surface area contributed by atoms with Crippen LogP contribution in [0.3, 0.4) is 0 Å². The molecule has 1 saturated carbocycles. The number of amides is 8. The van der Waals surface area contributed by atoms with Gasteiger partial charge in [0.2, 0.25) is 35.4 Å². The smallest absolute Gasteiger partial charge is 0.343 e. The lowest BCUT2D eigenvalue weighted by Gasteiger charge is -2.36. The van der Waals surface area contributed by atoms with Gasteiger partial charge in [-0.2, -0.15) is 0 Å². The molecule has 5 heterocycles. The van der Waals surface area contributed by atoms with Crippen molar-refractivity contribution < 1.29 is 62.1 Å². The Morgan fingerprint density at radius 2 is 1.58 bits per heavy atom. The Kier molecular flexibility index (Phi) is 15.7. The predicted octanol–water partition coefficient (Wildman–Crippen LogP) is 0.671. The van der Waals surface area contributed by atoms with E-state index in [4.69, 9.17) is 14.5 Å². The van der Waals surface area contributed by atoms with Gasteiger partial charge >= 0.3 is 5.97 Å². The van der Waals surface area contributed by atoms with Crippen molar-refractivity contribution in [2.45, 2.75) is 109 Å². The van der Waals surface area contributed by atoms with Gasteiger partial charge in [-0.15, -0.1) is 0 Å². The number of carbonyl (C=O) groups excluding carboxylic acids is 9. The van der Waals surface area contributed by atoms with E-state index in [1.807, 2.05) is 0 Å². The maximum atomic E-state index is 15.4. The number of imide groups is 1. The number of fused-ring (bicyclic) bond motifs is 5. The predicted molar refractivity (Wildman–Crippen MR) is 270 cm³/mol. The highest BCUT2D eigenvalue weighted by molar-refractivity contribution is 6.12. The van der Waals surface area contributed by atoms with Gasteiger partial charge in [0, 0.05) is 60.0 Å². The Morgan fingerprint density at radius 1 is 0.883 bits per heavy atom. The summed E-state index contributed by atoms with van der Waals surface area (Å²) in [5.41, 5.74) is 2.34. The van der Waals surface area contributed by atoms with Crippen LogP contribution in [0.5, 0.6) is 0 Å². The minimum atomic E-state index is -2.03. The van der Waals surface area contributed by atoms with Gasteiger partial charge in [-0.3, -0.25) is 48.1 Å².